The van der Waals surface area contributed by atoms with Crippen molar-refractivity contribution in [2.24, 2.45) is 7.05 Å². The van der Waals surface area contributed by atoms with Gasteiger partial charge in [-0.25, -0.2) is 9.78 Å². The Morgan fingerprint density at radius 3 is 2.48 bits per heavy atom. The molecule has 170 valence electrons. The van der Waals surface area contributed by atoms with E-state index in [2.05, 4.69) is 5.32 Å². The number of rotatable bonds is 6. The zero-order valence-corrected chi connectivity index (χ0v) is 19.3. The Kier molecular flexibility index (Phi) is 6.31. The van der Waals surface area contributed by atoms with Crippen LogP contribution < -0.4 is 10.9 Å². The molecule has 7 heteroatoms. The molecule has 0 aliphatic rings. The van der Waals surface area contributed by atoms with E-state index >= 15 is 0 Å². The van der Waals surface area contributed by atoms with Crippen LogP contribution in [0.1, 0.15) is 42.1 Å². The maximum Gasteiger partial charge on any atom is 0.322 e. The number of anilines is 1. The minimum absolute atomic E-state index is 0.137. The van der Waals surface area contributed by atoms with Crippen LogP contribution in [0.15, 0.2) is 70.1 Å². The lowest BCUT2D eigenvalue weighted by Crippen LogP contribution is -2.40. The lowest BCUT2D eigenvalue weighted by molar-refractivity contribution is 0.169. The molecule has 0 aliphatic heterocycles. The Morgan fingerprint density at radius 2 is 1.82 bits per heavy atom. The summed E-state index contributed by atoms with van der Waals surface area (Å²) in [5, 5.41) is 3.63. The van der Waals surface area contributed by atoms with Crippen molar-refractivity contribution in [3.8, 4) is 0 Å². The van der Waals surface area contributed by atoms with Crippen molar-refractivity contribution >= 4 is 22.6 Å². The second kappa shape index (κ2) is 9.32. The van der Waals surface area contributed by atoms with Gasteiger partial charge in [0.2, 0.25) is 0 Å². The van der Waals surface area contributed by atoms with Crippen LogP contribution in [0.5, 0.6) is 0 Å². The van der Waals surface area contributed by atoms with Crippen molar-refractivity contribution in [2.45, 2.75) is 39.8 Å². The van der Waals surface area contributed by atoms with Gasteiger partial charge in [0.1, 0.15) is 11.6 Å². The third-order valence-corrected chi connectivity index (χ3v) is 5.96. The summed E-state index contributed by atoms with van der Waals surface area (Å²) in [5.41, 5.74) is 3.21. The number of hydrogen-bond acceptors (Lipinski definition) is 4. The number of carbonyl (C=O) groups excluding carboxylic acids is 1. The molecule has 0 saturated carbocycles. The van der Waals surface area contributed by atoms with E-state index in [0.29, 0.717) is 28.9 Å². The maximum atomic E-state index is 13.6. The first-order chi connectivity index (χ1) is 15.9. The monoisotopic (exact) mass is 444 g/mol. The fourth-order valence-electron chi connectivity index (χ4n) is 4.16. The third kappa shape index (κ3) is 4.39. The number of aryl methyl sites for hydroxylation is 2. The van der Waals surface area contributed by atoms with Crippen molar-refractivity contribution in [1.29, 1.82) is 0 Å². The molecule has 0 spiro atoms. The predicted molar refractivity (Wildman–Crippen MR) is 129 cm³/mol. The quantitative estimate of drug-likeness (QED) is 0.436. The summed E-state index contributed by atoms with van der Waals surface area (Å²) in [7, 11) is 1.70. The highest BCUT2D eigenvalue weighted by molar-refractivity contribution is 5.91. The van der Waals surface area contributed by atoms with Crippen molar-refractivity contribution in [1.82, 2.24) is 14.5 Å². The molecule has 0 saturated heterocycles. The molecule has 1 atom stereocenters. The topological polar surface area (TPSA) is 80.4 Å². The van der Waals surface area contributed by atoms with Gasteiger partial charge < -0.3 is 14.6 Å². The number of aromatic nitrogens is 2. The predicted octanol–water partition coefficient (Wildman–Crippen LogP) is 5.33. The van der Waals surface area contributed by atoms with Crippen LogP contribution >= 0.6 is 0 Å². The maximum absolute atomic E-state index is 13.6. The SMILES string of the molecule is CCC(c1nc2ccccc2c(=O)n1C)N(Cc1ccco1)C(=O)Nc1c(C)cccc1C. The number of amides is 2. The van der Waals surface area contributed by atoms with Crippen molar-refractivity contribution in [3.63, 3.8) is 0 Å². The van der Waals surface area contributed by atoms with E-state index in [1.54, 1.807) is 30.3 Å². The number of nitrogens with zero attached hydrogens (tertiary/aromatic N) is 3. The number of carbonyl (C=O) groups is 1. The first-order valence-corrected chi connectivity index (χ1v) is 11.0. The van der Waals surface area contributed by atoms with Crippen molar-refractivity contribution in [2.75, 3.05) is 5.32 Å². The van der Waals surface area contributed by atoms with Crippen LogP contribution in [0, 0.1) is 13.8 Å². The molecule has 4 rings (SSSR count). The molecule has 0 fully saturated rings. The standard InChI is InChI=1S/C26H28N4O3/c1-5-22(24-27-21-14-7-6-13-20(21)25(31)29(24)4)30(16-19-12-9-15-33-19)26(32)28-23-17(2)10-8-11-18(23)3/h6-15,22H,5,16H2,1-4H3,(H,28,32). The van der Waals surface area contributed by atoms with Crippen LogP contribution in [0.25, 0.3) is 10.9 Å². The zero-order valence-electron chi connectivity index (χ0n) is 19.3. The van der Waals surface area contributed by atoms with Gasteiger partial charge >= 0.3 is 6.03 Å². The average Bonchev–Trinajstić information content (AvgIpc) is 3.32. The molecule has 2 aromatic carbocycles. The normalized spacial score (nSPS) is 12.0. The average molecular weight is 445 g/mol. The van der Waals surface area contributed by atoms with E-state index in [-0.39, 0.29) is 18.1 Å². The fraction of sp³-hybridized carbons (Fsp3) is 0.269. The van der Waals surface area contributed by atoms with Gasteiger partial charge in [-0.2, -0.15) is 0 Å². The lowest BCUT2D eigenvalue weighted by Gasteiger charge is -2.31. The molecule has 0 bridgehead atoms. The Hall–Kier alpha value is -3.87. The molecular formula is C26H28N4O3. The number of fused-ring (bicyclic) bond motifs is 1. The molecule has 33 heavy (non-hydrogen) atoms. The van der Waals surface area contributed by atoms with Gasteiger partial charge in [0, 0.05) is 12.7 Å². The van der Waals surface area contributed by atoms with Crippen molar-refractivity contribution in [3.05, 3.63) is 93.9 Å². The van der Waals surface area contributed by atoms with Gasteiger partial charge in [-0.05, 0) is 55.7 Å². The second-order valence-electron chi connectivity index (χ2n) is 8.18. The number of hydrogen-bond donors (Lipinski definition) is 1. The molecule has 2 aromatic heterocycles. The number of para-hydroxylation sites is 2. The smallest absolute Gasteiger partial charge is 0.322 e. The van der Waals surface area contributed by atoms with Crippen LogP contribution in [-0.4, -0.2) is 20.5 Å². The van der Waals surface area contributed by atoms with Gasteiger partial charge in [0.15, 0.2) is 0 Å². The van der Waals surface area contributed by atoms with Crippen LogP contribution in [0.3, 0.4) is 0 Å². The summed E-state index contributed by atoms with van der Waals surface area (Å²) in [6.07, 6.45) is 2.15. The molecule has 2 heterocycles. The summed E-state index contributed by atoms with van der Waals surface area (Å²) in [6, 6.07) is 16.1. The summed E-state index contributed by atoms with van der Waals surface area (Å²) < 4.78 is 7.10. The highest BCUT2D eigenvalue weighted by Crippen LogP contribution is 2.28. The van der Waals surface area contributed by atoms with E-state index in [9.17, 15) is 9.59 Å². The van der Waals surface area contributed by atoms with Crippen LogP contribution in [-0.2, 0) is 13.6 Å². The van der Waals surface area contributed by atoms with E-state index in [0.717, 1.165) is 16.8 Å². The molecule has 1 N–H and O–H groups in total. The first kappa shape index (κ1) is 22.3. The Labute approximate surface area is 192 Å². The second-order valence-corrected chi connectivity index (χ2v) is 8.18. The highest BCUT2D eigenvalue weighted by atomic mass is 16.3. The van der Waals surface area contributed by atoms with Gasteiger partial charge in [-0.3, -0.25) is 9.36 Å². The number of nitrogens with one attached hydrogen (secondary N) is 1. The largest absolute Gasteiger partial charge is 0.467 e. The fourth-order valence-corrected chi connectivity index (χ4v) is 4.16. The summed E-state index contributed by atoms with van der Waals surface area (Å²) in [4.78, 5) is 33.2. The van der Waals surface area contributed by atoms with E-state index in [4.69, 9.17) is 9.40 Å². The Bertz CT molecular complexity index is 1320. The molecule has 4 aromatic rings. The highest BCUT2D eigenvalue weighted by Gasteiger charge is 2.29. The van der Waals surface area contributed by atoms with E-state index in [1.165, 1.54) is 4.57 Å². The number of urea groups is 1. The van der Waals surface area contributed by atoms with E-state index < -0.39 is 6.04 Å². The Morgan fingerprint density at radius 1 is 1.09 bits per heavy atom. The van der Waals surface area contributed by atoms with Crippen LogP contribution in [0.4, 0.5) is 10.5 Å². The van der Waals surface area contributed by atoms with Crippen LogP contribution in [0.2, 0.25) is 0 Å². The third-order valence-electron chi connectivity index (χ3n) is 5.96. The van der Waals surface area contributed by atoms with Gasteiger partial charge in [-0.15, -0.1) is 0 Å². The first-order valence-electron chi connectivity index (χ1n) is 11.0. The molecule has 2 amide bonds. The lowest BCUT2D eigenvalue weighted by atomic mass is 10.1. The Balaban J connectivity index is 1.79. The molecule has 0 aliphatic carbocycles. The van der Waals surface area contributed by atoms with Crippen molar-refractivity contribution < 1.29 is 9.21 Å². The van der Waals surface area contributed by atoms with Gasteiger partial charge in [-0.1, -0.05) is 37.3 Å². The number of furan rings is 1. The summed E-state index contributed by atoms with van der Waals surface area (Å²) in [6.45, 7) is 6.15. The van der Waals surface area contributed by atoms with Gasteiger partial charge in [0.05, 0.1) is 29.8 Å². The summed E-state index contributed by atoms with van der Waals surface area (Å²) in [5.74, 6) is 1.18. The molecule has 7 nitrogen and oxygen atoms in total. The molecular weight excluding hydrogens is 416 g/mol. The van der Waals surface area contributed by atoms with Gasteiger partial charge in [0.25, 0.3) is 5.56 Å². The zero-order chi connectivity index (χ0) is 23.5. The minimum Gasteiger partial charge on any atom is -0.467 e. The minimum atomic E-state index is -0.443. The number of benzene rings is 2. The molecule has 1 unspecified atom stereocenters. The van der Waals surface area contributed by atoms with E-state index in [1.807, 2.05) is 63.2 Å². The summed E-state index contributed by atoms with van der Waals surface area (Å²) >= 11 is 0. The molecule has 0 radical (unpaired) electrons.